The van der Waals surface area contributed by atoms with E-state index in [4.69, 9.17) is 4.74 Å². The lowest BCUT2D eigenvalue weighted by molar-refractivity contribution is 0.406. The highest BCUT2D eigenvalue weighted by Gasteiger charge is 2.21. The molecule has 0 fully saturated rings. The summed E-state index contributed by atoms with van der Waals surface area (Å²) in [6.07, 6.45) is 0. The number of rotatable bonds is 3. The number of ether oxygens (including phenoxy) is 1. The third kappa shape index (κ3) is 2.64. The second-order valence-corrected chi connectivity index (χ2v) is 5.90. The highest BCUT2D eigenvalue weighted by atomic mass is 16.5. The second kappa shape index (κ2) is 5.94. The molecule has 1 N–H and O–H groups in total. The Labute approximate surface area is 136 Å². The highest BCUT2D eigenvalue weighted by Crippen LogP contribution is 2.30. The highest BCUT2D eigenvalue weighted by molar-refractivity contribution is 5.63. The molecule has 1 atom stereocenters. The van der Waals surface area contributed by atoms with Crippen LogP contribution in [0, 0.1) is 0 Å². The molecule has 3 nitrogen and oxygen atoms in total. The average molecular weight is 304 g/mol. The lowest BCUT2D eigenvalue weighted by atomic mass is 10.0. The van der Waals surface area contributed by atoms with Crippen molar-refractivity contribution in [2.45, 2.75) is 19.1 Å². The number of nitrogens with one attached hydrogen (secondary N) is 1. The van der Waals surface area contributed by atoms with Crippen LogP contribution in [0.5, 0.6) is 5.75 Å². The van der Waals surface area contributed by atoms with E-state index in [1.807, 2.05) is 12.1 Å². The fraction of sp³-hybridized carbons (Fsp3) is 0.200. The summed E-state index contributed by atoms with van der Waals surface area (Å²) in [5.41, 5.74) is 5.11. The summed E-state index contributed by atoms with van der Waals surface area (Å²) >= 11 is 0. The van der Waals surface area contributed by atoms with Crippen LogP contribution >= 0.6 is 0 Å². The first-order valence-corrected chi connectivity index (χ1v) is 7.96. The van der Waals surface area contributed by atoms with E-state index in [0.717, 1.165) is 18.8 Å². The monoisotopic (exact) mass is 304 g/mol. The standard InChI is InChI=1S/C20H20N2O/c1-23-18-9-5-8-16(12-18)20-11-10-17-13-21-19(14-22(17)20)15-6-3-2-4-7-15/h2-12,19,21H,13-14H2,1H3/t19-/m1/s1. The molecule has 1 aliphatic heterocycles. The SMILES string of the molecule is COc1cccc(-c2ccc3n2C[C@H](c2ccccc2)NC3)c1. The first-order chi connectivity index (χ1) is 11.3. The van der Waals surface area contributed by atoms with Gasteiger partial charge in [-0.1, -0.05) is 42.5 Å². The molecule has 0 spiro atoms. The maximum Gasteiger partial charge on any atom is 0.119 e. The molecule has 0 radical (unpaired) electrons. The topological polar surface area (TPSA) is 26.2 Å². The average Bonchev–Trinajstić information content (AvgIpc) is 3.05. The molecule has 3 heteroatoms. The van der Waals surface area contributed by atoms with Crippen LogP contribution in [-0.4, -0.2) is 11.7 Å². The van der Waals surface area contributed by atoms with Crippen molar-refractivity contribution in [1.82, 2.24) is 9.88 Å². The number of hydrogen-bond acceptors (Lipinski definition) is 2. The van der Waals surface area contributed by atoms with Crippen molar-refractivity contribution in [2.75, 3.05) is 7.11 Å². The maximum absolute atomic E-state index is 5.37. The Hall–Kier alpha value is -2.52. The number of hydrogen-bond donors (Lipinski definition) is 1. The molecule has 0 amide bonds. The first kappa shape index (κ1) is 14.1. The van der Waals surface area contributed by atoms with Crippen LogP contribution in [0.15, 0.2) is 66.7 Å². The Morgan fingerprint density at radius 2 is 1.87 bits per heavy atom. The van der Waals surface area contributed by atoms with Crippen LogP contribution < -0.4 is 10.1 Å². The molecule has 1 aliphatic rings. The van der Waals surface area contributed by atoms with E-state index in [2.05, 4.69) is 64.5 Å². The van der Waals surface area contributed by atoms with Crippen LogP contribution in [0.4, 0.5) is 0 Å². The number of aromatic nitrogens is 1. The van der Waals surface area contributed by atoms with E-state index < -0.39 is 0 Å². The summed E-state index contributed by atoms with van der Waals surface area (Å²) in [4.78, 5) is 0. The Bertz CT molecular complexity index is 808. The molecule has 3 aromatic rings. The van der Waals surface area contributed by atoms with Crippen LogP contribution in [0.25, 0.3) is 11.3 Å². The van der Waals surface area contributed by atoms with Crippen LogP contribution in [-0.2, 0) is 13.1 Å². The van der Waals surface area contributed by atoms with Crippen molar-refractivity contribution in [3.05, 3.63) is 78.0 Å². The van der Waals surface area contributed by atoms with Gasteiger partial charge in [0.25, 0.3) is 0 Å². The summed E-state index contributed by atoms with van der Waals surface area (Å²) in [5.74, 6) is 0.895. The summed E-state index contributed by atoms with van der Waals surface area (Å²) < 4.78 is 7.79. The maximum atomic E-state index is 5.37. The Morgan fingerprint density at radius 3 is 2.70 bits per heavy atom. The third-order valence-electron chi connectivity index (χ3n) is 4.53. The number of fused-ring (bicyclic) bond motifs is 1. The van der Waals surface area contributed by atoms with Gasteiger partial charge in [0.15, 0.2) is 0 Å². The molecule has 4 rings (SSSR count). The molecule has 1 aromatic heterocycles. The van der Waals surface area contributed by atoms with E-state index in [0.29, 0.717) is 6.04 Å². The fourth-order valence-electron chi connectivity index (χ4n) is 3.30. The minimum absolute atomic E-state index is 0.348. The Morgan fingerprint density at radius 1 is 1.00 bits per heavy atom. The van der Waals surface area contributed by atoms with Crippen LogP contribution in [0.3, 0.4) is 0 Å². The Balaban J connectivity index is 1.69. The minimum atomic E-state index is 0.348. The van der Waals surface area contributed by atoms with E-state index in [-0.39, 0.29) is 0 Å². The van der Waals surface area contributed by atoms with Crippen molar-refractivity contribution in [3.63, 3.8) is 0 Å². The predicted molar refractivity (Wildman–Crippen MR) is 92.4 cm³/mol. The van der Waals surface area contributed by atoms with Gasteiger partial charge in [0.05, 0.1) is 13.2 Å². The molecule has 0 saturated carbocycles. The normalized spacial score (nSPS) is 16.8. The molecule has 0 saturated heterocycles. The molecular formula is C20H20N2O. The zero-order valence-electron chi connectivity index (χ0n) is 13.2. The summed E-state index contributed by atoms with van der Waals surface area (Å²) in [6.45, 7) is 1.84. The number of nitrogens with zero attached hydrogens (tertiary/aromatic N) is 1. The Kier molecular flexibility index (Phi) is 3.64. The third-order valence-corrected chi connectivity index (χ3v) is 4.53. The summed E-state index contributed by atoms with van der Waals surface area (Å²) in [7, 11) is 1.71. The molecule has 0 unspecified atom stereocenters. The predicted octanol–water partition coefficient (Wildman–Crippen LogP) is 4.01. The zero-order chi connectivity index (χ0) is 15.6. The van der Waals surface area contributed by atoms with Crippen LogP contribution in [0.2, 0.25) is 0 Å². The second-order valence-electron chi connectivity index (χ2n) is 5.90. The van der Waals surface area contributed by atoms with Gasteiger partial charge in [-0.3, -0.25) is 0 Å². The molecular weight excluding hydrogens is 284 g/mol. The van der Waals surface area contributed by atoms with Gasteiger partial charge < -0.3 is 14.6 Å². The smallest absolute Gasteiger partial charge is 0.119 e. The lowest BCUT2D eigenvalue weighted by Crippen LogP contribution is -2.32. The van der Waals surface area contributed by atoms with E-state index in [1.54, 1.807) is 7.11 Å². The summed E-state index contributed by atoms with van der Waals surface area (Å²) in [6, 6.07) is 23.7. The van der Waals surface area contributed by atoms with Crippen molar-refractivity contribution >= 4 is 0 Å². The van der Waals surface area contributed by atoms with E-state index in [1.165, 1.54) is 22.5 Å². The molecule has 116 valence electrons. The van der Waals surface area contributed by atoms with Gasteiger partial charge in [-0.05, 0) is 29.8 Å². The minimum Gasteiger partial charge on any atom is -0.497 e. The lowest BCUT2D eigenvalue weighted by Gasteiger charge is -2.28. The largest absolute Gasteiger partial charge is 0.497 e. The van der Waals surface area contributed by atoms with Gasteiger partial charge in [-0.15, -0.1) is 0 Å². The van der Waals surface area contributed by atoms with E-state index >= 15 is 0 Å². The van der Waals surface area contributed by atoms with Crippen LogP contribution in [0.1, 0.15) is 17.3 Å². The van der Waals surface area contributed by atoms with Gasteiger partial charge in [0.2, 0.25) is 0 Å². The molecule has 2 heterocycles. The van der Waals surface area contributed by atoms with Gasteiger partial charge in [-0.2, -0.15) is 0 Å². The molecule has 23 heavy (non-hydrogen) atoms. The fourth-order valence-corrected chi connectivity index (χ4v) is 3.30. The van der Waals surface area contributed by atoms with Gasteiger partial charge in [0.1, 0.15) is 5.75 Å². The van der Waals surface area contributed by atoms with Crippen molar-refractivity contribution in [2.24, 2.45) is 0 Å². The first-order valence-electron chi connectivity index (χ1n) is 7.96. The van der Waals surface area contributed by atoms with Crippen molar-refractivity contribution in [1.29, 1.82) is 0 Å². The molecule has 0 bridgehead atoms. The van der Waals surface area contributed by atoms with Gasteiger partial charge in [-0.25, -0.2) is 0 Å². The summed E-state index contributed by atoms with van der Waals surface area (Å²) in [5, 5.41) is 3.63. The van der Waals surface area contributed by atoms with Crippen molar-refractivity contribution < 1.29 is 4.74 Å². The molecule has 0 aliphatic carbocycles. The molecule has 2 aromatic carbocycles. The zero-order valence-corrected chi connectivity index (χ0v) is 13.2. The quantitative estimate of drug-likeness (QED) is 0.791. The van der Waals surface area contributed by atoms with Crippen molar-refractivity contribution in [3.8, 4) is 17.0 Å². The van der Waals surface area contributed by atoms with E-state index in [9.17, 15) is 0 Å². The van der Waals surface area contributed by atoms with Gasteiger partial charge in [0, 0.05) is 30.0 Å². The number of methoxy groups -OCH3 is 1. The number of benzene rings is 2. The van der Waals surface area contributed by atoms with Gasteiger partial charge >= 0.3 is 0 Å².